The van der Waals surface area contributed by atoms with E-state index < -0.39 is 18.1 Å². The van der Waals surface area contributed by atoms with Gasteiger partial charge in [-0.05, 0) is 34.2 Å². The number of carbonyl (C=O) groups excluding carboxylic acids is 2. The van der Waals surface area contributed by atoms with Gasteiger partial charge in [0.25, 0.3) is 0 Å². The van der Waals surface area contributed by atoms with Crippen molar-refractivity contribution in [3.63, 3.8) is 0 Å². The van der Waals surface area contributed by atoms with Gasteiger partial charge in [-0.25, -0.2) is 4.79 Å². The van der Waals surface area contributed by atoms with E-state index in [2.05, 4.69) is 29.6 Å². The van der Waals surface area contributed by atoms with Crippen LogP contribution >= 0.6 is 0 Å². The second kappa shape index (κ2) is 9.96. The summed E-state index contributed by atoms with van der Waals surface area (Å²) in [6.07, 6.45) is 3.16. The molecule has 0 saturated carbocycles. The van der Waals surface area contributed by atoms with Crippen LogP contribution < -0.4 is 10.4 Å². The molecule has 0 aromatic heterocycles. The first kappa shape index (κ1) is 21.4. The van der Waals surface area contributed by atoms with E-state index in [1.807, 2.05) is 66.7 Å². The van der Waals surface area contributed by atoms with Crippen molar-refractivity contribution in [3.8, 4) is 11.1 Å². The lowest BCUT2D eigenvalue weighted by Gasteiger charge is -2.19. The number of carboxylic acid groups (broad SMARTS) is 1. The summed E-state index contributed by atoms with van der Waals surface area (Å²) < 4.78 is 5.53. The highest BCUT2D eigenvalue weighted by Crippen LogP contribution is 2.44. The van der Waals surface area contributed by atoms with E-state index in [1.165, 1.54) is 0 Å². The quantitative estimate of drug-likeness (QED) is 0.587. The molecule has 5 nitrogen and oxygen atoms in total. The fraction of sp³-hybridized carbons (Fsp3) is 0.185. The van der Waals surface area contributed by atoms with Crippen LogP contribution in [0.5, 0.6) is 0 Å². The maximum absolute atomic E-state index is 12.5. The Morgan fingerprint density at radius 2 is 1.50 bits per heavy atom. The maximum atomic E-state index is 12.5. The van der Waals surface area contributed by atoms with Gasteiger partial charge >= 0.3 is 6.09 Å². The first-order chi connectivity index (χ1) is 15.6. The fourth-order valence-corrected chi connectivity index (χ4v) is 4.13. The molecule has 1 aliphatic rings. The Labute approximate surface area is 187 Å². The van der Waals surface area contributed by atoms with Crippen LogP contribution in [0.3, 0.4) is 0 Å². The van der Waals surface area contributed by atoms with Gasteiger partial charge in [-0.2, -0.15) is 0 Å². The first-order valence-electron chi connectivity index (χ1n) is 10.6. The predicted octanol–water partition coefficient (Wildman–Crippen LogP) is 4.14. The average Bonchev–Trinajstić information content (AvgIpc) is 3.12. The Morgan fingerprint density at radius 1 is 0.906 bits per heavy atom. The van der Waals surface area contributed by atoms with Gasteiger partial charge in [0.05, 0.1) is 0 Å². The normalized spacial score (nSPS) is 13.4. The molecule has 3 aromatic rings. The highest BCUT2D eigenvalue weighted by atomic mass is 16.5. The largest absolute Gasteiger partial charge is 0.550 e. The summed E-state index contributed by atoms with van der Waals surface area (Å²) in [6, 6.07) is 25.3. The number of amides is 1. The zero-order chi connectivity index (χ0) is 22.3. The molecule has 0 unspecified atom stereocenters. The lowest BCUT2D eigenvalue weighted by atomic mass is 9.98. The van der Waals surface area contributed by atoms with Crippen molar-refractivity contribution in [2.24, 2.45) is 0 Å². The minimum Gasteiger partial charge on any atom is -0.550 e. The van der Waals surface area contributed by atoms with Gasteiger partial charge in [0.1, 0.15) is 6.61 Å². The topological polar surface area (TPSA) is 78.5 Å². The molecule has 0 fully saturated rings. The molecule has 0 spiro atoms. The van der Waals surface area contributed by atoms with Crippen molar-refractivity contribution >= 4 is 18.1 Å². The Bertz CT molecular complexity index is 1080. The third kappa shape index (κ3) is 5.06. The Morgan fingerprint density at radius 3 is 2.12 bits per heavy atom. The van der Waals surface area contributed by atoms with Gasteiger partial charge < -0.3 is 20.0 Å². The number of nitrogens with one attached hydrogen (secondary N) is 1. The van der Waals surface area contributed by atoms with Crippen LogP contribution in [-0.4, -0.2) is 24.7 Å². The molecule has 3 aromatic carbocycles. The monoisotopic (exact) mass is 426 g/mol. The zero-order valence-corrected chi connectivity index (χ0v) is 17.6. The molecule has 0 radical (unpaired) electrons. The van der Waals surface area contributed by atoms with Crippen LogP contribution in [0, 0.1) is 0 Å². The van der Waals surface area contributed by atoms with E-state index in [9.17, 15) is 14.7 Å². The van der Waals surface area contributed by atoms with E-state index >= 15 is 0 Å². The molecule has 162 valence electrons. The van der Waals surface area contributed by atoms with Crippen molar-refractivity contribution in [3.05, 3.63) is 102 Å². The number of hydrogen-bond acceptors (Lipinski definition) is 4. The summed E-state index contributed by atoms with van der Waals surface area (Å²) in [5.41, 5.74) is 5.55. The number of benzene rings is 3. The summed E-state index contributed by atoms with van der Waals surface area (Å²) in [5.74, 6) is -1.27. The summed E-state index contributed by atoms with van der Waals surface area (Å²) in [4.78, 5) is 23.6. The molecule has 0 bridgehead atoms. The van der Waals surface area contributed by atoms with Gasteiger partial charge in [-0.1, -0.05) is 91.0 Å². The van der Waals surface area contributed by atoms with E-state index in [0.29, 0.717) is 6.42 Å². The summed E-state index contributed by atoms with van der Waals surface area (Å²) >= 11 is 0. The van der Waals surface area contributed by atoms with Gasteiger partial charge in [0.2, 0.25) is 0 Å². The highest BCUT2D eigenvalue weighted by molar-refractivity contribution is 5.79. The van der Waals surface area contributed by atoms with E-state index in [1.54, 1.807) is 0 Å². The number of hydrogen-bond donors (Lipinski definition) is 1. The second-order valence-electron chi connectivity index (χ2n) is 7.79. The number of carboxylic acids is 1. The van der Waals surface area contributed by atoms with Gasteiger partial charge in [-0.15, -0.1) is 0 Å². The van der Waals surface area contributed by atoms with Crippen LogP contribution in [0.15, 0.2) is 84.9 Å². The summed E-state index contributed by atoms with van der Waals surface area (Å²) in [7, 11) is 0. The van der Waals surface area contributed by atoms with Crippen molar-refractivity contribution in [2.45, 2.75) is 24.8 Å². The number of rotatable bonds is 8. The van der Waals surface area contributed by atoms with E-state index in [-0.39, 0.29) is 18.9 Å². The van der Waals surface area contributed by atoms with Gasteiger partial charge in [-0.3, -0.25) is 0 Å². The highest BCUT2D eigenvalue weighted by Gasteiger charge is 2.29. The first-order valence-corrected chi connectivity index (χ1v) is 10.6. The predicted molar refractivity (Wildman–Crippen MR) is 122 cm³/mol. The number of carbonyl (C=O) groups is 2. The van der Waals surface area contributed by atoms with Crippen LogP contribution in [0.25, 0.3) is 17.2 Å². The average molecular weight is 426 g/mol. The third-order valence-corrected chi connectivity index (χ3v) is 5.61. The fourth-order valence-electron chi connectivity index (χ4n) is 4.13. The van der Waals surface area contributed by atoms with Gasteiger partial charge in [0.15, 0.2) is 0 Å². The zero-order valence-electron chi connectivity index (χ0n) is 17.6. The molecule has 1 N–H and O–H groups in total. The molecule has 1 amide bonds. The molecule has 0 saturated heterocycles. The molecule has 32 heavy (non-hydrogen) atoms. The molecular weight excluding hydrogens is 402 g/mol. The Kier molecular flexibility index (Phi) is 6.66. The molecule has 0 heterocycles. The minimum atomic E-state index is -1.22. The van der Waals surface area contributed by atoms with Crippen molar-refractivity contribution in [2.75, 3.05) is 6.61 Å². The van der Waals surface area contributed by atoms with Gasteiger partial charge in [0, 0.05) is 24.3 Å². The Balaban J connectivity index is 1.38. The smallest absolute Gasteiger partial charge is 0.407 e. The Hall–Kier alpha value is -3.86. The number of alkyl carbamates (subject to hydrolysis) is 1. The van der Waals surface area contributed by atoms with Crippen molar-refractivity contribution in [1.82, 2.24) is 5.32 Å². The van der Waals surface area contributed by atoms with Crippen LogP contribution in [0.2, 0.25) is 0 Å². The number of aliphatic carboxylic acids is 1. The second-order valence-corrected chi connectivity index (χ2v) is 7.79. The SMILES string of the molecule is O=C([O-])C[C@H](C/C=C/c1ccccc1)NC(=O)OCC1c2ccccc2-c2ccccc21. The van der Waals surface area contributed by atoms with Crippen molar-refractivity contribution in [1.29, 1.82) is 0 Å². The molecule has 5 heteroatoms. The minimum absolute atomic E-state index is 0.0503. The van der Waals surface area contributed by atoms with Crippen LogP contribution in [0.1, 0.15) is 35.4 Å². The number of ether oxygens (including phenoxy) is 1. The molecule has 1 atom stereocenters. The lowest BCUT2D eigenvalue weighted by molar-refractivity contribution is -0.306. The lowest BCUT2D eigenvalue weighted by Crippen LogP contribution is -2.40. The van der Waals surface area contributed by atoms with Crippen LogP contribution in [-0.2, 0) is 9.53 Å². The standard InChI is InChI=1S/C27H25NO4/c29-26(30)17-20(12-8-11-19-9-2-1-3-10-19)28-27(31)32-18-25-23-15-6-4-13-21(23)22-14-5-7-16-24(22)25/h1-11,13-16,20,25H,12,17-18H2,(H,28,31)(H,29,30)/p-1/b11-8+/t20-/m0/s1. The van der Waals surface area contributed by atoms with Crippen LogP contribution in [0.4, 0.5) is 4.79 Å². The van der Waals surface area contributed by atoms with Crippen molar-refractivity contribution < 1.29 is 19.4 Å². The maximum Gasteiger partial charge on any atom is 0.407 e. The molecule has 1 aliphatic carbocycles. The summed E-state index contributed by atoms with van der Waals surface area (Å²) in [5, 5.41) is 13.8. The molecule has 0 aliphatic heterocycles. The van der Waals surface area contributed by atoms with E-state index in [0.717, 1.165) is 27.8 Å². The van der Waals surface area contributed by atoms with E-state index in [4.69, 9.17) is 4.74 Å². The molecule has 4 rings (SSSR count). The molecular formula is C27H24NO4-. The number of fused-ring (bicyclic) bond motifs is 3. The summed E-state index contributed by atoms with van der Waals surface area (Å²) in [6.45, 7) is 0.178. The third-order valence-electron chi connectivity index (χ3n) is 5.61.